The summed E-state index contributed by atoms with van der Waals surface area (Å²) in [4.78, 5) is 58.0. The monoisotopic (exact) mass is 559 g/mol. The van der Waals surface area contributed by atoms with Crippen LogP contribution in [0.1, 0.15) is 50.8 Å². The fourth-order valence-corrected chi connectivity index (χ4v) is 4.06. The molecule has 13 heteroatoms. The van der Waals surface area contributed by atoms with E-state index in [1.165, 1.54) is 24.7 Å². The largest absolute Gasteiger partial charge is 0.508 e. The fourth-order valence-electron chi connectivity index (χ4n) is 4.06. The number of nitrogens with two attached hydrogens (primary N) is 2. The lowest BCUT2D eigenvalue weighted by atomic mass is 10.00. The maximum Gasteiger partial charge on any atom is 0.326 e. The topological polar surface area (TPSA) is 226 Å². The van der Waals surface area contributed by atoms with Crippen molar-refractivity contribution < 1.29 is 29.4 Å². The number of rotatable bonds is 17. The number of carboxylic acids is 1. The number of nitrogens with zero attached hydrogens (tertiary/aromatic N) is 1. The smallest absolute Gasteiger partial charge is 0.326 e. The van der Waals surface area contributed by atoms with Crippen molar-refractivity contribution in [3.63, 3.8) is 0 Å². The van der Waals surface area contributed by atoms with Crippen LogP contribution in [0.5, 0.6) is 5.75 Å². The number of carbonyl (C=O) groups excluding carboxylic acids is 3. The number of aliphatic carboxylic acids is 1. The van der Waals surface area contributed by atoms with E-state index < -0.39 is 47.9 Å². The molecule has 1 aromatic heterocycles. The zero-order valence-corrected chi connectivity index (χ0v) is 22.9. The number of H-pyrrole nitrogens is 1. The highest BCUT2D eigenvalue weighted by atomic mass is 16.4. The minimum Gasteiger partial charge on any atom is -0.508 e. The van der Waals surface area contributed by atoms with Crippen molar-refractivity contribution >= 4 is 23.7 Å². The number of nitrogens with one attached hydrogen (secondary N) is 4. The Balaban J connectivity index is 2.20. The van der Waals surface area contributed by atoms with Crippen LogP contribution in [0.25, 0.3) is 0 Å². The molecular weight excluding hydrogens is 518 g/mol. The summed E-state index contributed by atoms with van der Waals surface area (Å²) in [6.07, 6.45) is 4.90. The summed E-state index contributed by atoms with van der Waals surface area (Å²) in [5.41, 5.74) is 12.7. The van der Waals surface area contributed by atoms with Gasteiger partial charge in [0.15, 0.2) is 0 Å². The first kappa shape index (κ1) is 32.2. The number of aromatic nitrogens is 2. The zero-order chi connectivity index (χ0) is 29.7. The third-order valence-electron chi connectivity index (χ3n) is 6.25. The number of aromatic amines is 1. The van der Waals surface area contributed by atoms with Crippen LogP contribution in [0.2, 0.25) is 0 Å². The predicted octanol–water partition coefficient (Wildman–Crippen LogP) is -0.0581. The second-order valence-corrected chi connectivity index (χ2v) is 10.2. The maximum atomic E-state index is 13.5. The molecule has 0 fully saturated rings. The van der Waals surface area contributed by atoms with Crippen LogP contribution >= 0.6 is 0 Å². The van der Waals surface area contributed by atoms with Gasteiger partial charge in [0.1, 0.15) is 23.9 Å². The maximum absolute atomic E-state index is 13.5. The highest BCUT2D eigenvalue weighted by Gasteiger charge is 2.31. The molecule has 13 nitrogen and oxygen atoms in total. The van der Waals surface area contributed by atoms with Gasteiger partial charge in [0.05, 0.1) is 12.4 Å². The average molecular weight is 560 g/mol. The number of amides is 3. The molecule has 4 atom stereocenters. The quantitative estimate of drug-likeness (QED) is 0.121. The van der Waals surface area contributed by atoms with Gasteiger partial charge in [-0.25, -0.2) is 9.78 Å². The summed E-state index contributed by atoms with van der Waals surface area (Å²) in [6.45, 7) is 4.20. The second kappa shape index (κ2) is 16.2. The first-order chi connectivity index (χ1) is 19.0. The van der Waals surface area contributed by atoms with Crippen molar-refractivity contribution in [2.24, 2.45) is 17.4 Å². The van der Waals surface area contributed by atoms with Gasteiger partial charge in [-0.3, -0.25) is 14.4 Å². The SMILES string of the molecule is CC(C)CC(NC(=O)C(Cc1ccc(O)cc1)NC(=O)C(N)CCCCN)C(=O)NC(Cc1cnc[nH]1)C(=O)O. The molecule has 2 rings (SSSR count). The van der Waals surface area contributed by atoms with Crippen molar-refractivity contribution in [3.8, 4) is 5.75 Å². The van der Waals surface area contributed by atoms with Gasteiger partial charge in [0.25, 0.3) is 0 Å². The molecule has 1 aromatic carbocycles. The molecule has 1 heterocycles. The third-order valence-corrected chi connectivity index (χ3v) is 6.25. The molecule has 0 spiro atoms. The fraction of sp³-hybridized carbons (Fsp3) is 0.519. The van der Waals surface area contributed by atoms with Gasteiger partial charge >= 0.3 is 5.97 Å². The zero-order valence-electron chi connectivity index (χ0n) is 22.9. The van der Waals surface area contributed by atoms with Crippen LogP contribution in [0, 0.1) is 5.92 Å². The molecule has 3 amide bonds. The first-order valence-corrected chi connectivity index (χ1v) is 13.3. The van der Waals surface area contributed by atoms with Crippen molar-refractivity contribution in [1.82, 2.24) is 25.9 Å². The average Bonchev–Trinajstić information content (AvgIpc) is 3.41. The van der Waals surface area contributed by atoms with Gasteiger partial charge in [-0.05, 0) is 49.4 Å². The van der Waals surface area contributed by atoms with E-state index >= 15 is 0 Å². The van der Waals surface area contributed by atoms with Crippen LogP contribution < -0.4 is 27.4 Å². The summed E-state index contributed by atoms with van der Waals surface area (Å²) in [5.74, 6) is -3.02. The molecule has 2 aromatic rings. The minimum absolute atomic E-state index is 0.0203. The van der Waals surface area contributed by atoms with Gasteiger partial charge < -0.3 is 42.6 Å². The highest BCUT2D eigenvalue weighted by molar-refractivity contribution is 5.94. The molecule has 220 valence electrons. The molecular formula is C27H41N7O6. The molecule has 0 saturated carbocycles. The Bertz CT molecular complexity index is 1090. The van der Waals surface area contributed by atoms with Crippen molar-refractivity contribution in [2.75, 3.05) is 6.54 Å². The Morgan fingerprint density at radius 1 is 0.925 bits per heavy atom. The molecule has 0 radical (unpaired) electrons. The Morgan fingerprint density at radius 3 is 2.12 bits per heavy atom. The van der Waals surface area contributed by atoms with Crippen LogP contribution in [0.15, 0.2) is 36.8 Å². The van der Waals surface area contributed by atoms with Crippen LogP contribution in [-0.2, 0) is 32.0 Å². The molecule has 0 saturated heterocycles. The molecule has 4 unspecified atom stereocenters. The number of benzene rings is 1. The van der Waals surface area contributed by atoms with Crippen molar-refractivity contribution in [1.29, 1.82) is 0 Å². The lowest BCUT2D eigenvalue weighted by Gasteiger charge is -2.26. The van der Waals surface area contributed by atoms with Crippen molar-refractivity contribution in [2.45, 2.75) is 76.5 Å². The normalized spacial score (nSPS) is 14.1. The number of imidazole rings is 1. The predicted molar refractivity (Wildman–Crippen MR) is 148 cm³/mol. The number of phenols is 1. The number of carbonyl (C=O) groups is 4. The van der Waals surface area contributed by atoms with Gasteiger partial charge in [-0.2, -0.15) is 0 Å². The summed E-state index contributed by atoms with van der Waals surface area (Å²) in [5, 5.41) is 27.1. The van der Waals surface area contributed by atoms with E-state index in [0.717, 1.165) is 0 Å². The number of carboxylic acid groups (broad SMARTS) is 1. The van der Waals surface area contributed by atoms with Crippen LogP contribution in [0.4, 0.5) is 0 Å². The van der Waals surface area contributed by atoms with E-state index in [1.807, 2.05) is 13.8 Å². The van der Waals surface area contributed by atoms with Crippen LogP contribution in [0.3, 0.4) is 0 Å². The molecule has 0 aliphatic rings. The molecule has 0 aliphatic carbocycles. The number of hydrogen-bond acceptors (Lipinski definition) is 8. The standard InChI is InChI=1S/C27H41N7O6/c1-16(2)11-21(25(37)34-23(27(39)40)13-18-14-30-15-31-18)33-26(38)22(12-17-6-8-19(35)9-7-17)32-24(36)20(29)5-3-4-10-28/h6-9,14-16,20-23,35H,3-5,10-13,28-29H2,1-2H3,(H,30,31)(H,32,36)(H,33,38)(H,34,37)(H,39,40). The minimum atomic E-state index is -1.25. The Morgan fingerprint density at radius 2 is 1.55 bits per heavy atom. The highest BCUT2D eigenvalue weighted by Crippen LogP contribution is 2.13. The van der Waals surface area contributed by atoms with Crippen molar-refractivity contribution in [3.05, 3.63) is 48.0 Å². The Kier molecular flexibility index (Phi) is 13.1. The van der Waals surface area contributed by atoms with E-state index in [1.54, 1.807) is 12.1 Å². The van der Waals surface area contributed by atoms with Crippen LogP contribution in [-0.4, -0.2) is 74.6 Å². The van der Waals surface area contributed by atoms with Gasteiger partial charge in [0, 0.05) is 24.7 Å². The van der Waals surface area contributed by atoms with E-state index in [9.17, 15) is 29.4 Å². The Labute approximate surface area is 233 Å². The lowest BCUT2D eigenvalue weighted by molar-refractivity contribution is -0.142. The summed E-state index contributed by atoms with van der Waals surface area (Å²) in [6, 6.07) is 1.92. The van der Waals surface area contributed by atoms with E-state index in [2.05, 4.69) is 25.9 Å². The second-order valence-electron chi connectivity index (χ2n) is 10.2. The number of aromatic hydroxyl groups is 1. The number of phenolic OH excluding ortho intramolecular Hbond substituents is 1. The van der Waals surface area contributed by atoms with E-state index in [0.29, 0.717) is 37.1 Å². The molecule has 0 aliphatic heterocycles. The van der Waals surface area contributed by atoms with E-state index in [4.69, 9.17) is 11.5 Å². The summed E-state index contributed by atoms with van der Waals surface area (Å²) >= 11 is 0. The number of unbranched alkanes of at least 4 members (excludes halogenated alkanes) is 1. The van der Waals surface area contributed by atoms with Gasteiger partial charge in [-0.15, -0.1) is 0 Å². The summed E-state index contributed by atoms with van der Waals surface area (Å²) < 4.78 is 0. The number of hydrogen-bond donors (Lipinski definition) is 8. The third kappa shape index (κ3) is 11.0. The lowest BCUT2D eigenvalue weighted by Crippen LogP contribution is -2.58. The molecule has 10 N–H and O–H groups in total. The molecule has 40 heavy (non-hydrogen) atoms. The first-order valence-electron chi connectivity index (χ1n) is 13.3. The summed E-state index contributed by atoms with van der Waals surface area (Å²) in [7, 11) is 0. The molecule has 0 bridgehead atoms. The van der Waals surface area contributed by atoms with Gasteiger partial charge in [0.2, 0.25) is 17.7 Å². The van der Waals surface area contributed by atoms with Gasteiger partial charge in [-0.1, -0.05) is 32.4 Å². The van der Waals surface area contributed by atoms with E-state index in [-0.39, 0.29) is 30.9 Å². The Hall–Kier alpha value is -3.97.